The van der Waals surface area contributed by atoms with Crippen molar-refractivity contribution in [3.05, 3.63) is 29.3 Å². The molecule has 1 saturated carbocycles. The predicted octanol–water partition coefficient (Wildman–Crippen LogP) is 4.45. The number of benzene rings is 1. The zero-order valence-corrected chi connectivity index (χ0v) is 19.7. The van der Waals surface area contributed by atoms with Gasteiger partial charge in [-0.1, -0.05) is 12.1 Å². The number of rotatable bonds is 8. The molecule has 3 aliphatic rings. The molecule has 5 nitrogen and oxygen atoms in total. The summed E-state index contributed by atoms with van der Waals surface area (Å²) < 4.78 is 0. The van der Waals surface area contributed by atoms with Gasteiger partial charge in [-0.15, -0.1) is 0 Å². The van der Waals surface area contributed by atoms with Crippen LogP contribution in [0.2, 0.25) is 0 Å². The Labute approximate surface area is 194 Å². The Hall–Kier alpha value is -2.06. The zero-order chi connectivity index (χ0) is 22.2. The lowest BCUT2D eigenvalue weighted by Crippen LogP contribution is -2.47. The van der Waals surface area contributed by atoms with Crippen molar-refractivity contribution < 1.29 is 4.79 Å². The molecule has 1 saturated heterocycles. The molecule has 0 spiro atoms. The second kappa shape index (κ2) is 11.7. The molecule has 1 aromatic carbocycles. The van der Waals surface area contributed by atoms with Gasteiger partial charge in [-0.05, 0) is 93.9 Å². The van der Waals surface area contributed by atoms with Gasteiger partial charge < -0.3 is 10.2 Å². The van der Waals surface area contributed by atoms with Crippen molar-refractivity contribution in [2.45, 2.75) is 83.1 Å². The highest BCUT2D eigenvalue weighted by atomic mass is 16.1. The Kier molecular flexibility index (Phi) is 8.45. The fraction of sp³-hybridized carbons (Fsp3) is 0.704. The van der Waals surface area contributed by atoms with E-state index in [2.05, 4.69) is 39.4 Å². The number of piperazine rings is 1. The third kappa shape index (κ3) is 6.25. The van der Waals surface area contributed by atoms with E-state index in [0.29, 0.717) is 25.3 Å². The van der Waals surface area contributed by atoms with E-state index in [-0.39, 0.29) is 5.91 Å². The normalized spacial score (nSPS) is 23.9. The summed E-state index contributed by atoms with van der Waals surface area (Å²) in [4.78, 5) is 17.3. The Morgan fingerprint density at radius 2 is 1.84 bits per heavy atom. The van der Waals surface area contributed by atoms with Crippen LogP contribution in [0, 0.1) is 17.2 Å². The Bertz CT molecular complexity index is 785. The number of hydrogen-bond acceptors (Lipinski definition) is 4. The molecular weight excluding hydrogens is 396 g/mol. The molecule has 1 aromatic rings. The van der Waals surface area contributed by atoms with Crippen LogP contribution in [0.5, 0.6) is 0 Å². The maximum absolute atomic E-state index is 12.0. The first-order chi connectivity index (χ1) is 15.7. The van der Waals surface area contributed by atoms with Crippen LogP contribution < -0.4 is 10.2 Å². The number of hydrogen-bond donors (Lipinski definition) is 1. The summed E-state index contributed by atoms with van der Waals surface area (Å²) in [5.74, 6) is 0.933. The van der Waals surface area contributed by atoms with Gasteiger partial charge in [-0.25, -0.2) is 0 Å². The number of anilines is 1. The van der Waals surface area contributed by atoms with Gasteiger partial charge in [0.2, 0.25) is 5.91 Å². The number of unbranched alkanes of at least 4 members (excludes halogenated alkanes) is 1. The van der Waals surface area contributed by atoms with E-state index >= 15 is 0 Å². The Morgan fingerprint density at radius 1 is 1.06 bits per heavy atom. The molecule has 1 amide bonds. The molecule has 0 radical (unpaired) electrons. The van der Waals surface area contributed by atoms with Crippen LogP contribution in [0.1, 0.15) is 75.3 Å². The maximum Gasteiger partial charge on any atom is 0.220 e. The smallest absolute Gasteiger partial charge is 0.220 e. The van der Waals surface area contributed by atoms with E-state index in [9.17, 15) is 4.79 Å². The van der Waals surface area contributed by atoms with Gasteiger partial charge >= 0.3 is 0 Å². The summed E-state index contributed by atoms with van der Waals surface area (Å²) in [6.07, 6.45) is 12.8. The fourth-order valence-electron chi connectivity index (χ4n) is 5.86. The zero-order valence-electron chi connectivity index (χ0n) is 19.7. The van der Waals surface area contributed by atoms with Gasteiger partial charge in [0.05, 0.1) is 6.07 Å². The second-order valence-corrected chi connectivity index (χ2v) is 10.0. The molecule has 1 aliphatic heterocycles. The highest BCUT2D eigenvalue weighted by Gasteiger charge is 2.25. The highest BCUT2D eigenvalue weighted by Crippen LogP contribution is 2.31. The fourth-order valence-corrected chi connectivity index (χ4v) is 5.86. The van der Waals surface area contributed by atoms with Gasteiger partial charge in [-0.2, -0.15) is 5.26 Å². The summed E-state index contributed by atoms with van der Waals surface area (Å²) in [6, 6.07) is 9.40. The molecule has 0 aromatic heterocycles. The molecule has 4 rings (SSSR count). The molecule has 0 unspecified atom stereocenters. The van der Waals surface area contributed by atoms with Crippen molar-refractivity contribution in [1.82, 2.24) is 10.2 Å². The standard InChI is InChI=1S/C27H40N4O/c28-16-4-3-10-27(32)29-24-13-11-22(12-14-24)15-17-30-18-20-31(21-19-30)26-9-5-7-23-6-1-2-8-25(23)26/h5,7,9,22,24H,1-4,6,8,10-15,17-21H2,(H,29,32)/t22-,24-. The minimum atomic E-state index is 0.126. The van der Waals surface area contributed by atoms with Gasteiger partial charge in [0.25, 0.3) is 0 Å². The molecule has 174 valence electrons. The van der Waals surface area contributed by atoms with Crippen molar-refractivity contribution in [1.29, 1.82) is 5.26 Å². The van der Waals surface area contributed by atoms with E-state index in [1.807, 2.05) is 0 Å². The maximum atomic E-state index is 12.0. The summed E-state index contributed by atoms with van der Waals surface area (Å²) in [5.41, 5.74) is 4.72. The van der Waals surface area contributed by atoms with Gasteiger partial charge in [0.15, 0.2) is 0 Å². The van der Waals surface area contributed by atoms with Crippen LogP contribution >= 0.6 is 0 Å². The summed E-state index contributed by atoms with van der Waals surface area (Å²) in [5, 5.41) is 11.8. The third-order valence-electron chi connectivity index (χ3n) is 7.84. The highest BCUT2D eigenvalue weighted by molar-refractivity contribution is 5.76. The van der Waals surface area contributed by atoms with E-state index in [1.54, 1.807) is 11.1 Å². The number of carbonyl (C=O) groups is 1. The monoisotopic (exact) mass is 436 g/mol. The number of nitrogens with one attached hydrogen (secondary N) is 1. The van der Waals surface area contributed by atoms with Gasteiger partial charge in [0, 0.05) is 50.7 Å². The summed E-state index contributed by atoms with van der Waals surface area (Å²) in [6.45, 7) is 5.88. The van der Waals surface area contributed by atoms with E-state index in [4.69, 9.17) is 5.26 Å². The number of fused-ring (bicyclic) bond motifs is 1. The van der Waals surface area contributed by atoms with Gasteiger partial charge in [0.1, 0.15) is 0 Å². The molecule has 2 aliphatic carbocycles. The third-order valence-corrected chi connectivity index (χ3v) is 7.84. The van der Waals surface area contributed by atoms with E-state index in [1.165, 1.54) is 70.3 Å². The van der Waals surface area contributed by atoms with E-state index in [0.717, 1.165) is 31.8 Å². The van der Waals surface area contributed by atoms with Crippen LogP contribution in [0.25, 0.3) is 0 Å². The Balaban J connectivity index is 1.14. The minimum absolute atomic E-state index is 0.126. The average Bonchev–Trinajstić information content (AvgIpc) is 2.84. The van der Waals surface area contributed by atoms with Crippen LogP contribution in [0.15, 0.2) is 18.2 Å². The molecule has 32 heavy (non-hydrogen) atoms. The molecule has 1 N–H and O–H groups in total. The van der Waals surface area contributed by atoms with Crippen LogP contribution in [0.4, 0.5) is 5.69 Å². The number of amides is 1. The number of carbonyl (C=O) groups excluding carboxylic acids is 1. The number of nitriles is 1. The van der Waals surface area contributed by atoms with Crippen LogP contribution in [-0.2, 0) is 17.6 Å². The molecule has 0 bridgehead atoms. The average molecular weight is 437 g/mol. The topological polar surface area (TPSA) is 59.4 Å². The first-order valence-electron chi connectivity index (χ1n) is 13.0. The van der Waals surface area contributed by atoms with E-state index < -0.39 is 0 Å². The van der Waals surface area contributed by atoms with Gasteiger partial charge in [-0.3, -0.25) is 9.69 Å². The van der Waals surface area contributed by atoms with Crippen molar-refractivity contribution in [2.24, 2.45) is 5.92 Å². The van der Waals surface area contributed by atoms with Crippen LogP contribution in [-0.4, -0.2) is 49.6 Å². The molecule has 0 atom stereocenters. The molecule has 1 heterocycles. The van der Waals surface area contributed by atoms with Crippen molar-refractivity contribution in [3.8, 4) is 6.07 Å². The van der Waals surface area contributed by atoms with Crippen molar-refractivity contribution in [2.75, 3.05) is 37.6 Å². The SMILES string of the molecule is N#CCCCC(=O)N[C@H]1CC[C@H](CCN2CCN(c3cccc4c3CCCC4)CC2)CC1. The lowest BCUT2D eigenvalue weighted by atomic mass is 9.84. The molecular formula is C27H40N4O. The lowest BCUT2D eigenvalue weighted by molar-refractivity contribution is -0.122. The van der Waals surface area contributed by atoms with Crippen LogP contribution in [0.3, 0.4) is 0 Å². The lowest BCUT2D eigenvalue weighted by Gasteiger charge is -2.38. The largest absolute Gasteiger partial charge is 0.369 e. The molecule has 5 heteroatoms. The quantitative estimate of drug-likeness (QED) is 0.612. The summed E-state index contributed by atoms with van der Waals surface area (Å²) >= 11 is 0. The summed E-state index contributed by atoms with van der Waals surface area (Å²) in [7, 11) is 0. The second-order valence-electron chi connectivity index (χ2n) is 10.0. The number of aryl methyl sites for hydroxylation is 1. The first-order valence-corrected chi connectivity index (χ1v) is 13.0. The predicted molar refractivity (Wildman–Crippen MR) is 130 cm³/mol. The molecule has 2 fully saturated rings. The first kappa shape index (κ1) is 23.1. The minimum Gasteiger partial charge on any atom is -0.369 e. The Morgan fingerprint density at radius 3 is 2.62 bits per heavy atom. The number of nitrogens with zero attached hydrogens (tertiary/aromatic N) is 3. The van der Waals surface area contributed by atoms with Crippen molar-refractivity contribution >= 4 is 11.6 Å². The van der Waals surface area contributed by atoms with Crippen molar-refractivity contribution in [3.63, 3.8) is 0 Å².